The number of fused-ring (bicyclic) bond motifs is 6. The van der Waals surface area contributed by atoms with Gasteiger partial charge in [-0.05, 0) is 56.2 Å². The third-order valence-corrected chi connectivity index (χ3v) is 5.89. The summed E-state index contributed by atoms with van der Waals surface area (Å²) >= 11 is 0. The molecule has 28 heavy (non-hydrogen) atoms. The number of benzene rings is 3. The van der Waals surface area contributed by atoms with Gasteiger partial charge in [-0.3, -0.25) is 0 Å². The van der Waals surface area contributed by atoms with Gasteiger partial charge >= 0.3 is 0 Å². The van der Waals surface area contributed by atoms with Crippen LogP contribution in [-0.2, 0) is 0 Å². The SMILES string of the molecule is Cc1ccc2oc3c(c2c1)=C[C@H](c1cc(C)cc2c1oc1ccccc12)CC=3. The molecule has 6 rings (SSSR count). The van der Waals surface area contributed by atoms with Crippen molar-refractivity contribution in [2.75, 3.05) is 0 Å². The Morgan fingerprint density at radius 3 is 2.54 bits per heavy atom. The lowest BCUT2D eigenvalue weighted by Crippen LogP contribution is -2.25. The summed E-state index contributed by atoms with van der Waals surface area (Å²) in [5.74, 6) is 0.275. The Hall–Kier alpha value is -3.26. The minimum Gasteiger partial charge on any atom is -0.456 e. The summed E-state index contributed by atoms with van der Waals surface area (Å²) in [4.78, 5) is 0. The van der Waals surface area contributed by atoms with Gasteiger partial charge in [0.15, 0.2) is 0 Å². The molecule has 2 nitrogen and oxygen atoms in total. The van der Waals surface area contributed by atoms with Gasteiger partial charge in [0.05, 0.1) is 0 Å². The van der Waals surface area contributed by atoms with E-state index >= 15 is 0 Å². The van der Waals surface area contributed by atoms with E-state index in [1.807, 2.05) is 6.07 Å². The van der Waals surface area contributed by atoms with Crippen molar-refractivity contribution in [2.24, 2.45) is 0 Å². The summed E-state index contributed by atoms with van der Waals surface area (Å²) in [6.07, 6.45) is 5.51. The molecule has 0 fully saturated rings. The van der Waals surface area contributed by atoms with Gasteiger partial charge in [-0.2, -0.15) is 0 Å². The van der Waals surface area contributed by atoms with Crippen molar-refractivity contribution in [2.45, 2.75) is 26.2 Å². The molecule has 0 N–H and O–H groups in total. The highest BCUT2D eigenvalue weighted by molar-refractivity contribution is 6.06. The van der Waals surface area contributed by atoms with Crippen LogP contribution >= 0.6 is 0 Å². The molecule has 1 aliphatic carbocycles. The minimum atomic E-state index is 0.275. The molecule has 0 saturated heterocycles. The second-order valence-corrected chi connectivity index (χ2v) is 7.92. The highest BCUT2D eigenvalue weighted by Gasteiger charge is 2.20. The second kappa shape index (κ2) is 5.62. The van der Waals surface area contributed by atoms with Gasteiger partial charge in [-0.1, -0.05) is 42.0 Å². The number of para-hydroxylation sites is 1. The van der Waals surface area contributed by atoms with Crippen molar-refractivity contribution >= 4 is 45.1 Å². The first-order valence-electron chi connectivity index (χ1n) is 9.80. The largest absolute Gasteiger partial charge is 0.456 e. The number of furan rings is 2. The Balaban J connectivity index is 1.64. The van der Waals surface area contributed by atoms with E-state index in [1.54, 1.807) is 0 Å². The van der Waals surface area contributed by atoms with E-state index < -0.39 is 0 Å². The lowest BCUT2D eigenvalue weighted by atomic mass is 9.89. The summed E-state index contributed by atoms with van der Waals surface area (Å²) in [7, 11) is 0. The van der Waals surface area contributed by atoms with Crippen molar-refractivity contribution in [3.05, 3.63) is 81.9 Å². The zero-order chi connectivity index (χ0) is 18.8. The van der Waals surface area contributed by atoms with Gasteiger partial charge in [0.1, 0.15) is 22.2 Å². The van der Waals surface area contributed by atoms with Crippen molar-refractivity contribution in [1.82, 2.24) is 0 Å². The van der Waals surface area contributed by atoms with Crippen LogP contribution in [0, 0.1) is 13.8 Å². The third kappa shape index (κ3) is 2.21. The van der Waals surface area contributed by atoms with Crippen molar-refractivity contribution in [3.8, 4) is 0 Å². The Morgan fingerprint density at radius 1 is 0.786 bits per heavy atom. The molecule has 0 aliphatic heterocycles. The maximum absolute atomic E-state index is 6.31. The molecule has 0 bridgehead atoms. The summed E-state index contributed by atoms with van der Waals surface area (Å²) in [6, 6.07) is 19.2. The molecule has 1 atom stereocenters. The lowest BCUT2D eigenvalue weighted by Gasteiger charge is -2.14. The molecule has 0 unspecified atom stereocenters. The first-order chi connectivity index (χ1) is 13.7. The predicted octanol–water partition coefficient (Wildman–Crippen LogP) is 5.70. The molecule has 1 aliphatic rings. The fraction of sp³-hybridized carbons (Fsp3) is 0.154. The van der Waals surface area contributed by atoms with E-state index in [9.17, 15) is 0 Å². The average molecular weight is 364 g/mol. The number of rotatable bonds is 1. The predicted molar refractivity (Wildman–Crippen MR) is 115 cm³/mol. The van der Waals surface area contributed by atoms with E-state index in [0.29, 0.717) is 0 Å². The number of hydrogen-bond donors (Lipinski definition) is 0. The zero-order valence-corrected chi connectivity index (χ0v) is 16.0. The first-order valence-corrected chi connectivity index (χ1v) is 9.80. The van der Waals surface area contributed by atoms with Crippen LogP contribution in [0.25, 0.3) is 45.1 Å². The van der Waals surface area contributed by atoms with Gasteiger partial charge in [0, 0.05) is 32.9 Å². The maximum Gasteiger partial charge on any atom is 0.139 e. The van der Waals surface area contributed by atoms with Crippen LogP contribution in [0.2, 0.25) is 0 Å². The quantitative estimate of drug-likeness (QED) is 0.381. The molecule has 2 aromatic heterocycles. The molecular formula is C26H20O2. The lowest BCUT2D eigenvalue weighted by molar-refractivity contribution is 0.570. The number of aryl methyl sites for hydroxylation is 2. The highest BCUT2D eigenvalue weighted by atomic mass is 16.3. The van der Waals surface area contributed by atoms with Gasteiger partial charge in [0.25, 0.3) is 0 Å². The summed E-state index contributed by atoms with van der Waals surface area (Å²) in [6.45, 7) is 4.29. The van der Waals surface area contributed by atoms with E-state index in [4.69, 9.17) is 8.83 Å². The first kappa shape index (κ1) is 15.8. The minimum absolute atomic E-state index is 0.275. The average Bonchev–Trinajstić information content (AvgIpc) is 3.25. The van der Waals surface area contributed by atoms with Crippen molar-refractivity contribution < 1.29 is 8.83 Å². The molecule has 0 amide bonds. The van der Waals surface area contributed by atoms with Crippen LogP contribution < -0.4 is 10.6 Å². The Labute approximate surface area is 162 Å². The topological polar surface area (TPSA) is 26.3 Å². The van der Waals surface area contributed by atoms with Crippen LogP contribution in [0.1, 0.15) is 29.0 Å². The van der Waals surface area contributed by atoms with Gasteiger partial charge < -0.3 is 8.83 Å². The molecule has 0 saturated carbocycles. The fourth-order valence-corrected chi connectivity index (χ4v) is 4.57. The normalized spacial score (nSPS) is 16.3. The maximum atomic E-state index is 6.31. The van der Waals surface area contributed by atoms with Crippen molar-refractivity contribution in [3.63, 3.8) is 0 Å². The Bertz CT molecular complexity index is 1510. The molecule has 136 valence electrons. The smallest absolute Gasteiger partial charge is 0.139 e. The molecule has 5 aromatic rings. The molecule has 2 heteroatoms. The van der Waals surface area contributed by atoms with Crippen molar-refractivity contribution in [1.29, 1.82) is 0 Å². The highest BCUT2D eigenvalue weighted by Crippen LogP contribution is 2.37. The van der Waals surface area contributed by atoms with E-state index in [-0.39, 0.29) is 5.92 Å². The molecule has 2 heterocycles. The standard InChI is InChI=1S/C26H20O2/c1-15-7-9-24-20(11-15)21-14-17(8-10-25(21)27-24)19-12-16(2)13-22-18-5-3-4-6-23(18)28-26(19)22/h3-7,9-14,17H,8H2,1-2H3/t17-/m1/s1. The van der Waals surface area contributed by atoms with Gasteiger partial charge in [-0.15, -0.1) is 0 Å². The van der Waals surface area contributed by atoms with Gasteiger partial charge in [-0.25, -0.2) is 0 Å². The summed E-state index contributed by atoms with van der Waals surface area (Å²) in [5.41, 5.74) is 7.69. The molecular weight excluding hydrogens is 344 g/mol. The monoisotopic (exact) mass is 364 g/mol. The van der Waals surface area contributed by atoms with Crippen LogP contribution in [0.5, 0.6) is 0 Å². The third-order valence-electron chi connectivity index (χ3n) is 5.89. The van der Waals surface area contributed by atoms with E-state index in [1.165, 1.54) is 38.1 Å². The summed E-state index contributed by atoms with van der Waals surface area (Å²) in [5, 5.41) is 4.80. The molecule has 0 radical (unpaired) electrons. The Morgan fingerprint density at radius 2 is 1.61 bits per heavy atom. The van der Waals surface area contributed by atoms with Crippen LogP contribution in [0.4, 0.5) is 0 Å². The van der Waals surface area contributed by atoms with Crippen LogP contribution in [0.15, 0.2) is 63.4 Å². The molecule has 0 spiro atoms. The molecule has 3 aromatic carbocycles. The van der Waals surface area contributed by atoms with E-state index in [0.717, 1.165) is 28.6 Å². The van der Waals surface area contributed by atoms with Gasteiger partial charge in [0.2, 0.25) is 0 Å². The van der Waals surface area contributed by atoms with Crippen LogP contribution in [0.3, 0.4) is 0 Å². The Kier molecular flexibility index (Phi) is 3.16. The zero-order valence-electron chi connectivity index (χ0n) is 16.0. The second-order valence-electron chi connectivity index (χ2n) is 7.92. The fourth-order valence-electron chi connectivity index (χ4n) is 4.57. The number of hydrogen-bond acceptors (Lipinski definition) is 2. The van der Waals surface area contributed by atoms with E-state index in [2.05, 4.69) is 74.5 Å². The summed E-state index contributed by atoms with van der Waals surface area (Å²) < 4.78 is 12.4. The van der Waals surface area contributed by atoms with Crippen LogP contribution in [-0.4, -0.2) is 0 Å².